The predicted molar refractivity (Wildman–Crippen MR) is 93.3 cm³/mol. The van der Waals surface area contributed by atoms with E-state index in [0.29, 0.717) is 17.1 Å². The Hall–Kier alpha value is -2.81. The molecule has 2 rings (SSSR count). The van der Waals surface area contributed by atoms with E-state index in [0.717, 1.165) is 11.8 Å². The van der Waals surface area contributed by atoms with E-state index in [2.05, 4.69) is 15.3 Å². The van der Waals surface area contributed by atoms with Gasteiger partial charge >= 0.3 is 11.7 Å². The highest BCUT2D eigenvalue weighted by Gasteiger charge is 2.19. The Morgan fingerprint density at radius 1 is 1.28 bits per heavy atom. The molecule has 0 saturated heterocycles. The lowest BCUT2D eigenvalue weighted by molar-refractivity contribution is -0.113. The first kappa shape index (κ1) is 18.5. The summed E-state index contributed by atoms with van der Waals surface area (Å²) < 4.78 is 9.86. The predicted octanol–water partition coefficient (Wildman–Crippen LogP) is 1.60. The van der Waals surface area contributed by atoms with Gasteiger partial charge < -0.3 is 19.8 Å². The van der Waals surface area contributed by atoms with Crippen molar-refractivity contribution in [2.45, 2.75) is 11.9 Å². The minimum Gasteiger partial charge on any atom is -0.495 e. The van der Waals surface area contributed by atoms with Crippen LogP contribution in [0.5, 0.6) is 5.75 Å². The summed E-state index contributed by atoms with van der Waals surface area (Å²) in [5, 5.41) is 2.85. The molecule has 9 heteroatoms. The average molecular weight is 363 g/mol. The Morgan fingerprint density at radius 3 is 2.68 bits per heavy atom. The van der Waals surface area contributed by atoms with Crippen molar-refractivity contribution in [1.82, 2.24) is 9.97 Å². The molecular formula is C16H17N3O5S. The fourth-order valence-electron chi connectivity index (χ4n) is 2.07. The maximum absolute atomic E-state index is 12.2. The van der Waals surface area contributed by atoms with E-state index < -0.39 is 11.7 Å². The number of nitrogens with zero attached hydrogens (tertiary/aromatic N) is 1. The number of aryl methyl sites for hydroxylation is 1. The van der Waals surface area contributed by atoms with Gasteiger partial charge in [-0.3, -0.25) is 4.79 Å². The van der Waals surface area contributed by atoms with Crippen molar-refractivity contribution in [1.29, 1.82) is 0 Å². The highest BCUT2D eigenvalue weighted by molar-refractivity contribution is 8.00. The van der Waals surface area contributed by atoms with E-state index in [9.17, 15) is 14.4 Å². The number of amides is 1. The van der Waals surface area contributed by atoms with Gasteiger partial charge in [-0.05, 0) is 19.1 Å². The van der Waals surface area contributed by atoms with Crippen molar-refractivity contribution in [2.24, 2.45) is 0 Å². The maximum atomic E-state index is 12.2. The second kappa shape index (κ2) is 8.34. The van der Waals surface area contributed by atoms with Gasteiger partial charge in [0, 0.05) is 5.69 Å². The first-order valence-electron chi connectivity index (χ1n) is 7.21. The first-order valence-corrected chi connectivity index (χ1v) is 8.19. The van der Waals surface area contributed by atoms with Crippen LogP contribution in [0.1, 0.15) is 16.1 Å². The van der Waals surface area contributed by atoms with Crippen LogP contribution >= 0.6 is 11.8 Å². The molecule has 0 spiro atoms. The molecule has 0 aliphatic carbocycles. The summed E-state index contributed by atoms with van der Waals surface area (Å²) in [6.07, 6.45) is 0. The Labute approximate surface area is 148 Å². The van der Waals surface area contributed by atoms with Gasteiger partial charge in [-0.15, -0.1) is 0 Å². The number of para-hydroxylation sites is 2. The van der Waals surface area contributed by atoms with Crippen molar-refractivity contribution in [3.8, 4) is 5.75 Å². The van der Waals surface area contributed by atoms with Crippen molar-refractivity contribution in [3.63, 3.8) is 0 Å². The molecule has 0 aliphatic rings. The number of anilines is 1. The van der Waals surface area contributed by atoms with Crippen LogP contribution in [0.3, 0.4) is 0 Å². The van der Waals surface area contributed by atoms with Crippen LogP contribution in [0, 0.1) is 6.92 Å². The molecule has 0 aliphatic heterocycles. The first-order chi connectivity index (χ1) is 12.0. The molecular weight excluding hydrogens is 346 g/mol. The van der Waals surface area contributed by atoms with Gasteiger partial charge in [-0.1, -0.05) is 23.9 Å². The molecule has 132 valence electrons. The van der Waals surface area contributed by atoms with E-state index >= 15 is 0 Å². The van der Waals surface area contributed by atoms with Gasteiger partial charge in [-0.25, -0.2) is 9.59 Å². The zero-order valence-corrected chi connectivity index (χ0v) is 14.7. The number of carbonyl (C=O) groups is 2. The van der Waals surface area contributed by atoms with Crippen LogP contribution in [-0.2, 0) is 9.53 Å². The lowest BCUT2D eigenvalue weighted by atomic mass is 10.2. The van der Waals surface area contributed by atoms with Gasteiger partial charge in [0.15, 0.2) is 0 Å². The number of H-pyrrole nitrogens is 1. The van der Waals surface area contributed by atoms with Crippen LogP contribution < -0.4 is 15.7 Å². The number of hydrogen-bond acceptors (Lipinski definition) is 7. The molecule has 0 saturated carbocycles. The average Bonchev–Trinajstić information content (AvgIpc) is 2.59. The van der Waals surface area contributed by atoms with Crippen molar-refractivity contribution < 1.29 is 19.1 Å². The summed E-state index contributed by atoms with van der Waals surface area (Å²) in [6, 6.07) is 6.98. The van der Waals surface area contributed by atoms with Crippen LogP contribution in [0.2, 0.25) is 0 Å². The number of ether oxygens (including phenoxy) is 2. The van der Waals surface area contributed by atoms with Gasteiger partial charge in [0.25, 0.3) is 0 Å². The number of rotatable bonds is 6. The van der Waals surface area contributed by atoms with Gasteiger partial charge in [-0.2, -0.15) is 4.98 Å². The number of aromatic nitrogens is 2. The SMILES string of the molecule is COC(=O)c1c(SCC(=O)Nc2ccccc2OC)nc(=O)[nH]c1C. The Balaban J connectivity index is 2.14. The number of hydrogen-bond donors (Lipinski definition) is 2. The molecule has 0 bridgehead atoms. The van der Waals surface area contributed by atoms with E-state index in [4.69, 9.17) is 9.47 Å². The molecule has 8 nitrogen and oxygen atoms in total. The zero-order chi connectivity index (χ0) is 18.4. The Bertz CT molecular complexity index is 850. The molecule has 0 fully saturated rings. The lowest BCUT2D eigenvalue weighted by Gasteiger charge is -2.11. The molecule has 1 aromatic carbocycles. The number of methoxy groups -OCH3 is 2. The van der Waals surface area contributed by atoms with Crippen molar-refractivity contribution in [2.75, 3.05) is 25.3 Å². The zero-order valence-electron chi connectivity index (χ0n) is 13.9. The standard InChI is InChI=1S/C16H17N3O5S/c1-9-13(15(21)24-3)14(19-16(22)17-9)25-8-12(20)18-10-6-4-5-7-11(10)23-2/h4-7H,8H2,1-3H3,(H,18,20)(H,17,19,22). The summed E-state index contributed by atoms with van der Waals surface area (Å²) >= 11 is 0.975. The number of esters is 1. The minimum atomic E-state index is -0.631. The number of benzene rings is 1. The third kappa shape index (κ3) is 4.60. The second-order valence-electron chi connectivity index (χ2n) is 4.88. The Kier molecular flexibility index (Phi) is 6.18. The third-order valence-electron chi connectivity index (χ3n) is 3.20. The molecule has 25 heavy (non-hydrogen) atoms. The molecule has 1 aromatic heterocycles. The summed E-state index contributed by atoms with van der Waals surface area (Å²) in [4.78, 5) is 41.8. The maximum Gasteiger partial charge on any atom is 0.346 e. The molecule has 0 atom stereocenters. The second-order valence-corrected chi connectivity index (χ2v) is 5.84. The fraction of sp³-hybridized carbons (Fsp3) is 0.250. The molecule has 0 unspecified atom stereocenters. The van der Waals surface area contributed by atoms with Gasteiger partial charge in [0.2, 0.25) is 5.91 Å². The molecule has 2 N–H and O–H groups in total. The van der Waals surface area contributed by atoms with Crippen LogP contribution in [-0.4, -0.2) is 41.8 Å². The summed E-state index contributed by atoms with van der Waals surface area (Å²) in [5.41, 5.74) is 0.397. The van der Waals surface area contributed by atoms with Crippen LogP contribution in [0.15, 0.2) is 34.1 Å². The summed E-state index contributed by atoms with van der Waals surface area (Å²) in [5.74, 6) is -0.474. The highest BCUT2D eigenvalue weighted by atomic mass is 32.2. The molecule has 1 amide bonds. The lowest BCUT2D eigenvalue weighted by Crippen LogP contribution is -2.20. The van der Waals surface area contributed by atoms with E-state index in [1.54, 1.807) is 31.2 Å². The van der Waals surface area contributed by atoms with Crippen LogP contribution in [0.4, 0.5) is 5.69 Å². The fourth-order valence-corrected chi connectivity index (χ4v) is 2.94. The van der Waals surface area contributed by atoms with Gasteiger partial charge in [0.1, 0.15) is 16.3 Å². The monoisotopic (exact) mass is 363 g/mol. The molecule has 1 heterocycles. The number of nitrogens with one attached hydrogen (secondary N) is 2. The van der Waals surface area contributed by atoms with Crippen molar-refractivity contribution >= 4 is 29.3 Å². The Morgan fingerprint density at radius 2 is 2.00 bits per heavy atom. The van der Waals surface area contributed by atoms with Crippen molar-refractivity contribution in [3.05, 3.63) is 46.0 Å². The van der Waals surface area contributed by atoms with Gasteiger partial charge in [0.05, 0.1) is 25.7 Å². The quantitative estimate of drug-likeness (QED) is 0.456. The molecule has 2 aromatic rings. The highest BCUT2D eigenvalue weighted by Crippen LogP contribution is 2.25. The number of thioether (sulfide) groups is 1. The molecule has 0 radical (unpaired) electrons. The van der Waals surface area contributed by atoms with Crippen LogP contribution in [0.25, 0.3) is 0 Å². The number of aromatic amines is 1. The van der Waals surface area contributed by atoms with E-state index in [-0.39, 0.29) is 22.2 Å². The largest absolute Gasteiger partial charge is 0.495 e. The summed E-state index contributed by atoms with van der Waals surface area (Å²) in [7, 11) is 2.74. The smallest absolute Gasteiger partial charge is 0.346 e. The van der Waals surface area contributed by atoms with E-state index in [1.165, 1.54) is 14.2 Å². The van der Waals surface area contributed by atoms with E-state index in [1.807, 2.05) is 0 Å². The number of carbonyl (C=O) groups excluding carboxylic acids is 2. The topological polar surface area (TPSA) is 110 Å². The normalized spacial score (nSPS) is 10.2. The minimum absolute atomic E-state index is 0.0437. The third-order valence-corrected chi connectivity index (χ3v) is 4.17. The summed E-state index contributed by atoms with van der Waals surface area (Å²) in [6.45, 7) is 1.56.